The monoisotopic (exact) mass is 496 g/mol. The Hall–Kier alpha value is -3.55. The van der Waals surface area contributed by atoms with Crippen LogP contribution in [0.4, 0.5) is 13.2 Å². The van der Waals surface area contributed by atoms with E-state index in [9.17, 15) is 23.1 Å². The van der Waals surface area contributed by atoms with Gasteiger partial charge >= 0.3 is 6.18 Å². The molecule has 0 radical (unpaired) electrons. The number of rotatable bonds is 6. The zero-order valence-electron chi connectivity index (χ0n) is 18.8. The van der Waals surface area contributed by atoms with Crippen LogP contribution in [-0.2, 0) is 26.0 Å². The van der Waals surface area contributed by atoms with Crippen LogP contribution < -0.4 is 5.11 Å². The predicted octanol–water partition coefficient (Wildman–Crippen LogP) is 5.62. The van der Waals surface area contributed by atoms with Gasteiger partial charge in [0.05, 0.1) is 16.9 Å². The minimum absolute atomic E-state index is 0.0146. The van der Waals surface area contributed by atoms with E-state index in [2.05, 4.69) is 95.7 Å². The van der Waals surface area contributed by atoms with Gasteiger partial charge in [-0.05, 0) is 42.0 Å². The summed E-state index contributed by atoms with van der Waals surface area (Å²) in [6, 6.07) is 38.2. The molecule has 4 aromatic rings. The summed E-state index contributed by atoms with van der Waals surface area (Å²) < 4.78 is 42.5. The van der Waals surface area contributed by atoms with Crippen LogP contribution in [0.2, 0.25) is 0 Å². The number of hydrogen-bond donors (Lipinski definition) is 0. The maximum absolute atomic E-state index is 12.8. The smallest absolute Gasteiger partial charge is 0.427 e. The predicted molar refractivity (Wildman–Crippen MR) is 128 cm³/mol. The van der Waals surface area contributed by atoms with Crippen LogP contribution in [0.15, 0.2) is 136 Å². The Balaban J connectivity index is 0.000000199. The molecule has 0 N–H and O–H groups in total. The summed E-state index contributed by atoms with van der Waals surface area (Å²) >= 11 is 0. The molecule has 0 aliphatic heterocycles. The fraction of sp³-hybridized carbons (Fsp3) is 0.107. The lowest BCUT2D eigenvalue weighted by Crippen LogP contribution is -2.56. The number of carboxylic acid groups (broad SMARTS) is 1. The van der Waals surface area contributed by atoms with Crippen molar-refractivity contribution in [3.63, 3.8) is 0 Å². The van der Waals surface area contributed by atoms with E-state index in [1.165, 1.54) is 32.9 Å². The highest BCUT2D eigenvalue weighted by Crippen LogP contribution is 2.41. The van der Waals surface area contributed by atoms with Crippen molar-refractivity contribution in [2.45, 2.75) is 26.5 Å². The van der Waals surface area contributed by atoms with Gasteiger partial charge in [0.15, 0.2) is 14.7 Å². The van der Waals surface area contributed by atoms with Crippen LogP contribution in [0.25, 0.3) is 0 Å². The van der Waals surface area contributed by atoms with Crippen LogP contribution in [0.1, 0.15) is 5.56 Å². The van der Waals surface area contributed by atoms with Crippen LogP contribution in [-0.4, -0.2) is 19.3 Å². The van der Waals surface area contributed by atoms with Gasteiger partial charge in [-0.2, -0.15) is 13.2 Å². The standard InChI is InChI=1S/C18H15S.C10H9F3O3/c1-4-10-16(11-5-1)19(17-12-6-2-7-13-17)18-14-8-3-9-15-18;1-16-9(8(14)15,10(11,12)13)7-5-3-2-4-6-7/h1-15H;2-6H,1H3,(H,14,15)/q+1;/p-1. The van der Waals surface area contributed by atoms with Crippen molar-refractivity contribution in [3.8, 4) is 0 Å². The number of benzene rings is 4. The highest BCUT2D eigenvalue weighted by molar-refractivity contribution is 7.97. The average Bonchev–Trinajstić information content (AvgIpc) is 2.87. The van der Waals surface area contributed by atoms with E-state index in [0.717, 1.165) is 12.1 Å². The van der Waals surface area contributed by atoms with E-state index in [1.54, 1.807) is 0 Å². The summed E-state index contributed by atoms with van der Waals surface area (Å²) in [5.41, 5.74) is -3.95. The highest BCUT2D eigenvalue weighted by atomic mass is 32.2. The van der Waals surface area contributed by atoms with E-state index < -0.39 is 23.3 Å². The zero-order chi connectivity index (χ0) is 25.3. The van der Waals surface area contributed by atoms with Crippen molar-refractivity contribution in [2.24, 2.45) is 0 Å². The lowest BCUT2D eigenvalue weighted by molar-refractivity contribution is -0.360. The third-order valence-electron chi connectivity index (χ3n) is 5.11. The summed E-state index contributed by atoms with van der Waals surface area (Å²) in [6.07, 6.45) is -5.10. The van der Waals surface area contributed by atoms with Gasteiger partial charge in [0.1, 0.15) is 0 Å². The first-order valence-electron chi connectivity index (χ1n) is 10.6. The zero-order valence-corrected chi connectivity index (χ0v) is 19.6. The van der Waals surface area contributed by atoms with Crippen molar-refractivity contribution >= 4 is 16.9 Å². The Morgan fingerprint density at radius 3 is 1.23 bits per heavy atom. The Morgan fingerprint density at radius 1 is 0.657 bits per heavy atom. The Labute approximate surface area is 205 Å². The maximum Gasteiger partial charge on any atom is 0.427 e. The van der Waals surface area contributed by atoms with Crippen molar-refractivity contribution in [3.05, 3.63) is 127 Å². The van der Waals surface area contributed by atoms with Gasteiger partial charge in [0, 0.05) is 7.11 Å². The van der Waals surface area contributed by atoms with Gasteiger partial charge in [-0.1, -0.05) is 84.9 Å². The molecule has 1 unspecified atom stereocenters. The largest absolute Gasteiger partial charge is 0.546 e. The first kappa shape index (κ1) is 26.1. The van der Waals surface area contributed by atoms with Crippen LogP contribution >= 0.6 is 0 Å². The highest BCUT2D eigenvalue weighted by Gasteiger charge is 2.58. The van der Waals surface area contributed by atoms with Gasteiger partial charge < -0.3 is 14.6 Å². The quantitative estimate of drug-likeness (QED) is 0.326. The van der Waals surface area contributed by atoms with Gasteiger partial charge in [-0.15, -0.1) is 0 Å². The SMILES string of the molecule is COC(C(=O)[O-])(c1ccccc1)C(F)(F)F.c1ccc([S+](c2ccccc2)c2ccccc2)cc1. The Bertz CT molecular complexity index is 1090. The fourth-order valence-electron chi connectivity index (χ4n) is 3.46. The number of alkyl halides is 3. The molecule has 0 aliphatic rings. The number of carboxylic acids is 1. The Kier molecular flexibility index (Phi) is 8.73. The molecule has 0 bridgehead atoms. The molecule has 0 saturated carbocycles. The molecule has 0 aromatic heterocycles. The molecule has 0 fully saturated rings. The second-order valence-electron chi connectivity index (χ2n) is 7.28. The molecule has 0 spiro atoms. The number of aliphatic carboxylic acids is 1. The summed E-state index contributed by atoms with van der Waals surface area (Å²) in [4.78, 5) is 14.8. The third kappa shape index (κ3) is 5.93. The summed E-state index contributed by atoms with van der Waals surface area (Å²) in [5.74, 6) is -2.34. The molecule has 0 amide bonds. The molecular weight excluding hydrogens is 473 g/mol. The van der Waals surface area contributed by atoms with Gasteiger partial charge in [0.25, 0.3) is 0 Å². The normalized spacial score (nSPS) is 12.8. The van der Waals surface area contributed by atoms with Gasteiger partial charge in [-0.25, -0.2) is 0 Å². The first-order valence-corrected chi connectivity index (χ1v) is 11.8. The minimum Gasteiger partial charge on any atom is -0.546 e. The summed E-state index contributed by atoms with van der Waals surface area (Å²) in [5, 5.41) is 10.7. The van der Waals surface area contributed by atoms with E-state index >= 15 is 0 Å². The fourth-order valence-corrected chi connectivity index (χ4v) is 5.57. The molecule has 4 rings (SSSR count). The number of carbonyl (C=O) groups is 1. The van der Waals surface area contributed by atoms with Crippen molar-refractivity contribution < 1.29 is 27.8 Å². The molecule has 7 heteroatoms. The number of ether oxygens (including phenoxy) is 1. The molecule has 0 aliphatic carbocycles. The molecule has 1 atom stereocenters. The average molecular weight is 497 g/mol. The van der Waals surface area contributed by atoms with Crippen molar-refractivity contribution in [1.29, 1.82) is 0 Å². The van der Waals surface area contributed by atoms with E-state index in [-0.39, 0.29) is 10.9 Å². The third-order valence-corrected chi connectivity index (χ3v) is 7.34. The van der Waals surface area contributed by atoms with Gasteiger partial charge in [-0.3, -0.25) is 0 Å². The van der Waals surface area contributed by atoms with E-state index in [1.807, 2.05) is 0 Å². The van der Waals surface area contributed by atoms with Crippen LogP contribution in [0.5, 0.6) is 0 Å². The van der Waals surface area contributed by atoms with E-state index in [4.69, 9.17) is 0 Å². The minimum atomic E-state index is -5.10. The lowest BCUT2D eigenvalue weighted by Gasteiger charge is -2.35. The molecule has 0 saturated heterocycles. The number of methoxy groups -OCH3 is 1. The van der Waals surface area contributed by atoms with Crippen LogP contribution in [0, 0.1) is 0 Å². The van der Waals surface area contributed by atoms with E-state index in [0.29, 0.717) is 7.11 Å². The molecular formula is C28H23F3O3S. The summed E-state index contributed by atoms with van der Waals surface area (Å²) in [7, 11) is 0.662. The number of hydrogen-bond acceptors (Lipinski definition) is 3. The number of halogens is 3. The summed E-state index contributed by atoms with van der Waals surface area (Å²) in [6.45, 7) is 0. The Morgan fingerprint density at radius 2 is 0.971 bits per heavy atom. The molecule has 0 heterocycles. The van der Waals surface area contributed by atoms with Crippen molar-refractivity contribution in [2.75, 3.05) is 7.11 Å². The second-order valence-corrected chi connectivity index (χ2v) is 9.31. The molecule has 35 heavy (non-hydrogen) atoms. The molecule has 3 nitrogen and oxygen atoms in total. The lowest BCUT2D eigenvalue weighted by atomic mass is 9.93. The number of carbonyl (C=O) groups excluding carboxylic acids is 1. The molecule has 180 valence electrons. The van der Waals surface area contributed by atoms with Crippen LogP contribution in [0.3, 0.4) is 0 Å². The molecule has 4 aromatic carbocycles. The topological polar surface area (TPSA) is 49.4 Å². The van der Waals surface area contributed by atoms with Gasteiger partial charge in [0.2, 0.25) is 5.60 Å². The first-order chi connectivity index (χ1) is 16.8. The second kappa shape index (κ2) is 11.7. The maximum atomic E-state index is 12.8. The van der Waals surface area contributed by atoms with Crippen molar-refractivity contribution in [1.82, 2.24) is 0 Å².